The van der Waals surface area contributed by atoms with E-state index in [0.29, 0.717) is 10.9 Å². The molecule has 4 aromatic rings. The maximum absolute atomic E-state index is 13.5. The average molecular weight is 328 g/mol. The smallest absolute Gasteiger partial charge is 0.254 e. The van der Waals surface area contributed by atoms with Gasteiger partial charge in [-0.1, -0.05) is 42.0 Å². The van der Waals surface area contributed by atoms with Crippen LogP contribution >= 0.6 is 0 Å². The normalized spacial score (nSPS) is 12.2. The molecule has 0 amide bonds. The van der Waals surface area contributed by atoms with Crippen LogP contribution < -0.4 is 0 Å². The van der Waals surface area contributed by atoms with Crippen LogP contribution in [0.2, 0.25) is 0 Å². The number of hydrogen-bond donors (Lipinski definition) is 0. The van der Waals surface area contributed by atoms with E-state index in [2.05, 4.69) is 15.2 Å². The Kier molecular flexibility index (Phi) is 3.06. The highest BCUT2D eigenvalue weighted by atomic mass is 19.4. The van der Waals surface area contributed by atoms with Crippen molar-refractivity contribution in [3.63, 3.8) is 0 Å². The van der Waals surface area contributed by atoms with E-state index in [1.807, 2.05) is 19.1 Å². The van der Waals surface area contributed by atoms with Gasteiger partial charge in [0.05, 0.1) is 5.52 Å². The number of aryl methyl sites for hydroxylation is 1. The summed E-state index contributed by atoms with van der Waals surface area (Å²) in [6.07, 6.45) is -4.62. The number of alkyl halides is 3. The van der Waals surface area contributed by atoms with Gasteiger partial charge in [0.2, 0.25) is 5.82 Å². The lowest BCUT2D eigenvalue weighted by Gasteiger charge is -2.12. The Bertz CT molecular complexity index is 1050. The summed E-state index contributed by atoms with van der Waals surface area (Å²) in [7, 11) is 0. The Morgan fingerprint density at radius 2 is 1.62 bits per heavy atom. The molecule has 24 heavy (non-hydrogen) atoms. The molecule has 0 bridgehead atoms. The van der Waals surface area contributed by atoms with Crippen molar-refractivity contribution in [1.82, 2.24) is 19.6 Å². The van der Waals surface area contributed by atoms with Gasteiger partial charge < -0.3 is 0 Å². The van der Waals surface area contributed by atoms with Crippen LogP contribution in [0.15, 0.2) is 48.5 Å². The molecular weight excluding hydrogens is 317 g/mol. The van der Waals surface area contributed by atoms with Gasteiger partial charge in [-0.25, -0.2) is 4.98 Å². The highest BCUT2D eigenvalue weighted by Crippen LogP contribution is 2.33. The second kappa shape index (κ2) is 5.02. The van der Waals surface area contributed by atoms with E-state index in [1.165, 1.54) is 6.07 Å². The van der Waals surface area contributed by atoms with E-state index in [9.17, 15) is 13.2 Å². The Morgan fingerprint density at radius 3 is 2.33 bits per heavy atom. The van der Waals surface area contributed by atoms with Crippen LogP contribution in [0.4, 0.5) is 13.2 Å². The highest BCUT2D eigenvalue weighted by molar-refractivity contribution is 5.92. The Morgan fingerprint density at radius 1 is 0.917 bits per heavy atom. The van der Waals surface area contributed by atoms with Gasteiger partial charge >= 0.3 is 6.18 Å². The lowest BCUT2D eigenvalue weighted by molar-refractivity contribution is -0.145. The number of aromatic nitrogens is 4. The van der Waals surface area contributed by atoms with Crippen molar-refractivity contribution >= 4 is 16.6 Å². The molecule has 120 valence electrons. The number of rotatable bonds is 1. The van der Waals surface area contributed by atoms with Gasteiger partial charge in [-0.15, -0.1) is 10.2 Å². The van der Waals surface area contributed by atoms with Crippen molar-refractivity contribution in [3.05, 3.63) is 59.9 Å². The van der Waals surface area contributed by atoms with E-state index in [0.717, 1.165) is 9.96 Å². The second-order valence-corrected chi connectivity index (χ2v) is 5.50. The van der Waals surface area contributed by atoms with Crippen LogP contribution in [-0.2, 0) is 6.18 Å². The van der Waals surface area contributed by atoms with Crippen LogP contribution in [-0.4, -0.2) is 19.6 Å². The lowest BCUT2D eigenvalue weighted by Crippen LogP contribution is -2.15. The summed E-state index contributed by atoms with van der Waals surface area (Å²) >= 11 is 0. The molecule has 4 nitrogen and oxygen atoms in total. The first-order chi connectivity index (χ1) is 11.4. The van der Waals surface area contributed by atoms with E-state index >= 15 is 0 Å². The molecule has 0 N–H and O–H groups in total. The third-order valence-corrected chi connectivity index (χ3v) is 3.81. The molecule has 2 aromatic carbocycles. The first kappa shape index (κ1) is 14.6. The summed E-state index contributed by atoms with van der Waals surface area (Å²) in [5.74, 6) is -0.910. The van der Waals surface area contributed by atoms with Gasteiger partial charge in [-0.3, -0.25) is 4.40 Å². The van der Waals surface area contributed by atoms with Crippen molar-refractivity contribution in [3.8, 4) is 11.4 Å². The summed E-state index contributed by atoms with van der Waals surface area (Å²) in [6, 6.07) is 13.7. The van der Waals surface area contributed by atoms with Crippen LogP contribution in [0, 0.1) is 6.92 Å². The zero-order valence-corrected chi connectivity index (χ0v) is 12.5. The molecule has 0 saturated heterocycles. The van der Waals surface area contributed by atoms with E-state index < -0.39 is 12.0 Å². The molecule has 0 saturated carbocycles. The number of para-hydroxylation sites is 1. The number of nitrogens with zero attached hydrogens (tertiary/aromatic N) is 4. The van der Waals surface area contributed by atoms with Gasteiger partial charge in [-0.2, -0.15) is 13.2 Å². The summed E-state index contributed by atoms with van der Waals surface area (Å²) < 4.78 is 41.6. The molecule has 0 spiro atoms. The van der Waals surface area contributed by atoms with E-state index in [4.69, 9.17) is 0 Å². The first-order valence-corrected chi connectivity index (χ1v) is 7.23. The molecular formula is C17H11F3N4. The second-order valence-electron chi connectivity index (χ2n) is 5.50. The Hall–Kier alpha value is -2.96. The Labute approximate surface area is 134 Å². The third kappa shape index (κ3) is 2.20. The summed E-state index contributed by atoms with van der Waals surface area (Å²) in [6.45, 7) is 1.90. The van der Waals surface area contributed by atoms with Crippen LogP contribution in [0.25, 0.3) is 27.9 Å². The predicted molar refractivity (Wildman–Crippen MR) is 83.5 cm³/mol. The van der Waals surface area contributed by atoms with Crippen LogP contribution in [0.1, 0.15) is 11.4 Å². The largest absolute Gasteiger partial charge is 0.450 e. The molecule has 0 aliphatic heterocycles. The summed E-state index contributed by atoms with van der Waals surface area (Å²) in [5, 5.41) is 8.51. The molecule has 4 rings (SSSR count). The minimum atomic E-state index is -4.62. The Balaban J connectivity index is 2.13. The zero-order chi connectivity index (χ0) is 16.9. The van der Waals surface area contributed by atoms with Crippen molar-refractivity contribution in [2.45, 2.75) is 13.1 Å². The van der Waals surface area contributed by atoms with Gasteiger partial charge in [0.1, 0.15) is 0 Å². The standard InChI is InChI=1S/C17H11F3N4/c1-10-6-8-11(9-7-10)14-22-23-15-12-4-2-3-5-13(12)21-16(24(14)15)17(18,19)20/h2-9H,1H3. The minimum absolute atomic E-state index is 0.121. The number of benzene rings is 2. The van der Waals surface area contributed by atoms with E-state index in [1.54, 1.807) is 30.3 Å². The molecule has 0 aliphatic carbocycles. The monoisotopic (exact) mass is 328 g/mol. The fraction of sp³-hybridized carbons (Fsp3) is 0.118. The van der Waals surface area contributed by atoms with Crippen molar-refractivity contribution in [1.29, 1.82) is 0 Å². The molecule has 2 aromatic heterocycles. The number of hydrogen-bond acceptors (Lipinski definition) is 3. The number of halogens is 3. The van der Waals surface area contributed by atoms with Crippen molar-refractivity contribution in [2.24, 2.45) is 0 Å². The summed E-state index contributed by atoms with van der Waals surface area (Å²) in [4.78, 5) is 3.81. The lowest BCUT2D eigenvalue weighted by atomic mass is 10.1. The molecule has 0 radical (unpaired) electrons. The minimum Gasteiger partial charge on any atom is -0.254 e. The molecule has 0 fully saturated rings. The number of fused-ring (bicyclic) bond motifs is 3. The third-order valence-electron chi connectivity index (χ3n) is 3.81. The molecule has 0 atom stereocenters. The zero-order valence-electron chi connectivity index (χ0n) is 12.5. The summed E-state index contributed by atoms with van der Waals surface area (Å²) in [5.41, 5.74) is 1.94. The fourth-order valence-corrected chi connectivity index (χ4v) is 2.66. The van der Waals surface area contributed by atoms with Gasteiger partial charge in [0.25, 0.3) is 0 Å². The van der Waals surface area contributed by atoms with Gasteiger partial charge in [0, 0.05) is 10.9 Å². The fourth-order valence-electron chi connectivity index (χ4n) is 2.66. The van der Waals surface area contributed by atoms with Gasteiger partial charge in [-0.05, 0) is 19.1 Å². The SMILES string of the molecule is Cc1ccc(-c2nnc3c4ccccc4nc(C(F)(F)F)n23)cc1. The maximum atomic E-state index is 13.5. The van der Waals surface area contributed by atoms with Gasteiger partial charge in [0.15, 0.2) is 11.5 Å². The van der Waals surface area contributed by atoms with E-state index in [-0.39, 0.29) is 17.0 Å². The predicted octanol–water partition coefficient (Wildman–Crippen LogP) is 4.27. The van der Waals surface area contributed by atoms with Crippen molar-refractivity contribution < 1.29 is 13.2 Å². The average Bonchev–Trinajstić information content (AvgIpc) is 2.99. The molecule has 7 heteroatoms. The van der Waals surface area contributed by atoms with Crippen LogP contribution in [0.5, 0.6) is 0 Å². The molecule has 0 aliphatic rings. The quantitative estimate of drug-likeness (QED) is 0.524. The van der Waals surface area contributed by atoms with Crippen molar-refractivity contribution in [2.75, 3.05) is 0 Å². The first-order valence-electron chi connectivity index (χ1n) is 7.23. The van der Waals surface area contributed by atoms with Crippen LogP contribution in [0.3, 0.4) is 0 Å². The topological polar surface area (TPSA) is 43.1 Å². The molecule has 2 heterocycles. The molecule has 0 unspecified atom stereocenters. The highest BCUT2D eigenvalue weighted by Gasteiger charge is 2.37. The maximum Gasteiger partial charge on any atom is 0.450 e.